The Balaban J connectivity index is 2.20. The van der Waals surface area contributed by atoms with Crippen LogP contribution in [-0.2, 0) is 10.3 Å². The number of Topliss-reactive ketones (excluding diaryl/α,β-unsaturated/α-hetero) is 1. The van der Waals surface area contributed by atoms with E-state index in [2.05, 4.69) is 4.98 Å². The minimum Gasteiger partial charge on any atom is -0.322 e. The Hall–Kier alpha value is -1.12. The zero-order chi connectivity index (χ0) is 12.5. The van der Waals surface area contributed by atoms with Crippen LogP contribution < -0.4 is 0 Å². The van der Waals surface area contributed by atoms with Gasteiger partial charge in [-0.25, -0.2) is 4.98 Å². The van der Waals surface area contributed by atoms with Crippen molar-refractivity contribution in [3.05, 3.63) is 18.2 Å². The maximum Gasteiger partial charge on any atom is 0.161 e. The van der Waals surface area contributed by atoms with E-state index < -0.39 is 5.54 Å². The van der Waals surface area contributed by atoms with Gasteiger partial charge in [0.25, 0.3) is 0 Å². The van der Waals surface area contributed by atoms with E-state index in [-0.39, 0.29) is 5.92 Å². The fourth-order valence-corrected chi connectivity index (χ4v) is 2.95. The number of imidazole rings is 1. The highest BCUT2D eigenvalue weighted by Crippen LogP contribution is 2.31. The van der Waals surface area contributed by atoms with Crippen molar-refractivity contribution in [1.82, 2.24) is 9.55 Å². The molecule has 1 aliphatic rings. The Morgan fingerprint density at radius 3 is 2.53 bits per heavy atom. The van der Waals surface area contributed by atoms with Crippen molar-refractivity contribution in [3.8, 4) is 0 Å². The molecule has 17 heavy (non-hydrogen) atoms. The molecule has 0 spiro atoms. The molecule has 94 valence electrons. The number of rotatable bonds is 3. The highest BCUT2D eigenvalue weighted by molar-refractivity contribution is 5.88. The van der Waals surface area contributed by atoms with E-state index in [4.69, 9.17) is 0 Å². The summed E-state index contributed by atoms with van der Waals surface area (Å²) in [5, 5.41) is 0. The van der Waals surface area contributed by atoms with Crippen LogP contribution in [0.2, 0.25) is 0 Å². The molecule has 0 bridgehead atoms. The smallest absolute Gasteiger partial charge is 0.161 e. The van der Waals surface area contributed by atoms with Crippen LogP contribution in [0.5, 0.6) is 0 Å². The standard InChI is InChI=1S/C14H22N2O/c1-11-15-9-10-16(11)14(2,3)13(17)12-7-5-4-6-8-12/h9-10,12H,4-8H2,1-3H3. The number of carbonyl (C=O) groups is 1. The third-order valence-corrected chi connectivity index (χ3v) is 4.01. The van der Waals surface area contributed by atoms with Gasteiger partial charge in [0.05, 0.1) is 5.54 Å². The second-order valence-electron chi connectivity index (χ2n) is 5.60. The fourth-order valence-electron chi connectivity index (χ4n) is 2.95. The van der Waals surface area contributed by atoms with Crippen LogP contribution in [0.15, 0.2) is 12.4 Å². The first-order valence-electron chi connectivity index (χ1n) is 6.58. The van der Waals surface area contributed by atoms with Crippen molar-refractivity contribution in [1.29, 1.82) is 0 Å². The number of hydrogen-bond donors (Lipinski definition) is 0. The summed E-state index contributed by atoms with van der Waals surface area (Å²) in [5.41, 5.74) is -0.456. The lowest BCUT2D eigenvalue weighted by atomic mass is 9.79. The van der Waals surface area contributed by atoms with Crippen LogP contribution in [0, 0.1) is 12.8 Å². The maximum absolute atomic E-state index is 12.6. The fraction of sp³-hybridized carbons (Fsp3) is 0.714. The van der Waals surface area contributed by atoms with E-state index in [9.17, 15) is 4.79 Å². The van der Waals surface area contributed by atoms with E-state index in [0.717, 1.165) is 18.7 Å². The first kappa shape index (κ1) is 12.3. The van der Waals surface area contributed by atoms with Gasteiger partial charge in [-0.05, 0) is 33.6 Å². The minimum absolute atomic E-state index is 0.251. The topological polar surface area (TPSA) is 34.9 Å². The molecule has 0 radical (unpaired) electrons. The second-order valence-corrected chi connectivity index (χ2v) is 5.60. The van der Waals surface area contributed by atoms with Crippen LogP contribution in [0.1, 0.15) is 51.8 Å². The van der Waals surface area contributed by atoms with Gasteiger partial charge in [0, 0.05) is 18.3 Å². The number of hydrogen-bond acceptors (Lipinski definition) is 2. The Labute approximate surface area is 103 Å². The van der Waals surface area contributed by atoms with Gasteiger partial charge < -0.3 is 4.57 Å². The molecule has 3 heteroatoms. The van der Waals surface area contributed by atoms with Crippen molar-refractivity contribution in [3.63, 3.8) is 0 Å². The number of nitrogens with zero attached hydrogens (tertiary/aromatic N) is 2. The first-order valence-corrected chi connectivity index (χ1v) is 6.58. The van der Waals surface area contributed by atoms with Crippen LogP contribution in [0.4, 0.5) is 0 Å². The molecule has 0 atom stereocenters. The van der Waals surface area contributed by atoms with Crippen molar-refractivity contribution < 1.29 is 4.79 Å². The third-order valence-electron chi connectivity index (χ3n) is 4.01. The molecule has 1 aromatic rings. The summed E-state index contributed by atoms with van der Waals surface area (Å²) >= 11 is 0. The molecule has 1 fully saturated rings. The lowest BCUT2D eigenvalue weighted by Gasteiger charge is -2.32. The molecule has 1 heterocycles. The largest absolute Gasteiger partial charge is 0.322 e. The van der Waals surface area contributed by atoms with Crippen molar-refractivity contribution in [2.24, 2.45) is 5.92 Å². The van der Waals surface area contributed by atoms with Crippen molar-refractivity contribution in [2.75, 3.05) is 0 Å². The molecular formula is C14H22N2O. The lowest BCUT2D eigenvalue weighted by Crippen LogP contribution is -2.41. The molecule has 1 aromatic heterocycles. The summed E-state index contributed by atoms with van der Waals surface area (Å²) in [6.45, 7) is 5.98. The maximum atomic E-state index is 12.6. The molecule has 0 unspecified atom stereocenters. The average molecular weight is 234 g/mol. The zero-order valence-corrected chi connectivity index (χ0v) is 11.1. The normalized spacial score (nSPS) is 18.3. The number of ketones is 1. The zero-order valence-electron chi connectivity index (χ0n) is 11.1. The average Bonchev–Trinajstić information content (AvgIpc) is 2.76. The first-order chi connectivity index (χ1) is 8.03. The Kier molecular flexibility index (Phi) is 3.36. The number of carbonyl (C=O) groups excluding carboxylic acids is 1. The Morgan fingerprint density at radius 2 is 2.00 bits per heavy atom. The Bertz CT molecular complexity index is 400. The molecule has 1 saturated carbocycles. The van der Waals surface area contributed by atoms with Crippen molar-refractivity contribution >= 4 is 5.78 Å². The summed E-state index contributed by atoms with van der Waals surface area (Å²) in [4.78, 5) is 16.8. The third kappa shape index (κ3) is 2.28. The number of aryl methyl sites for hydroxylation is 1. The molecule has 2 rings (SSSR count). The van der Waals surface area contributed by atoms with E-state index in [1.54, 1.807) is 6.20 Å². The summed E-state index contributed by atoms with van der Waals surface area (Å²) in [5.74, 6) is 1.54. The molecule has 0 aliphatic heterocycles. The van der Waals surface area contributed by atoms with Gasteiger partial charge in [-0.3, -0.25) is 4.79 Å². The van der Waals surface area contributed by atoms with Gasteiger partial charge in [0.2, 0.25) is 0 Å². The van der Waals surface area contributed by atoms with Gasteiger partial charge >= 0.3 is 0 Å². The minimum atomic E-state index is -0.456. The molecule has 0 N–H and O–H groups in total. The van der Waals surface area contributed by atoms with E-state index in [0.29, 0.717) is 5.78 Å². The Morgan fingerprint density at radius 1 is 1.35 bits per heavy atom. The summed E-state index contributed by atoms with van der Waals surface area (Å²) in [6, 6.07) is 0. The van der Waals surface area contributed by atoms with E-state index >= 15 is 0 Å². The molecule has 0 amide bonds. The summed E-state index contributed by atoms with van der Waals surface area (Å²) < 4.78 is 2.00. The highest BCUT2D eigenvalue weighted by Gasteiger charge is 2.36. The molecular weight excluding hydrogens is 212 g/mol. The van der Waals surface area contributed by atoms with Gasteiger partial charge in [-0.1, -0.05) is 19.3 Å². The van der Waals surface area contributed by atoms with Crippen LogP contribution in [0.25, 0.3) is 0 Å². The highest BCUT2D eigenvalue weighted by atomic mass is 16.1. The van der Waals surface area contributed by atoms with Gasteiger partial charge in [-0.2, -0.15) is 0 Å². The quantitative estimate of drug-likeness (QED) is 0.805. The van der Waals surface area contributed by atoms with Crippen LogP contribution in [0.3, 0.4) is 0 Å². The monoisotopic (exact) mass is 234 g/mol. The van der Waals surface area contributed by atoms with E-state index in [1.807, 2.05) is 31.5 Å². The number of aromatic nitrogens is 2. The van der Waals surface area contributed by atoms with Crippen LogP contribution in [-0.4, -0.2) is 15.3 Å². The predicted molar refractivity (Wildman–Crippen MR) is 67.9 cm³/mol. The molecule has 3 nitrogen and oxygen atoms in total. The predicted octanol–water partition coefficient (Wildman–Crippen LogP) is 3.08. The molecule has 0 saturated heterocycles. The lowest BCUT2D eigenvalue weighted by molar-refractivity contribution is -0.131. The van der Waals surface area contributed by atoms with Gasteiger partial charge in [0.1, 0.15) is 5.82 Å². The van der Waals surface area contributed by atoms with E-state index in [1.165, 1.54) is 19.3 Å². The SMILES string of the molecule is Cc1nccn1C(C)(C)C(=O)C1CCCCC1. The molecule has 0 aromatic carbocycles. The summed E-state index contributed by atoms with van der Waals surface area (Å²) in [7, 11) is 0. The van der Waals surface area contributed by atoms with Crippen molar-refractivity contribution in [2.45, 2.75) is 58.4 Å². The van der Waals surface area contributed by atoms with Gasteiger partial charge in [-0.15, -0.1) is 0 Å². The summed E-state index contributed by atoms with van der Waals surface area (Å²) in [6.07, 6.45) is 9.51. The van der Waals surface area contributed by atoms with Crippen LogP contribution >= 0.6 is 0 Å². The van der Waals surface area contributed by atoms with Gasteiger partial charge in [0.15, 0.2) is 5.78 Å². The second kappa shape index (κ2) is 4.63. The molecule has 1 aliphatic carbocycles.